The van der Waals surface area contributed by atoms with Gasteiger partial charge in [-0.25, -0.2) is 0 Å². The Morgan fingerprint density at radius 2 is 2.26 bits per heavy atom. The van der Waals surface area contributed by atoms with Crippen LogP contribution in [0.5, 0.6) is 5.75 Å². The molecule has 1 amide bonds. The Balaban J connectivity index is 2.40. The number of aliphatic hydroxyl groups is 1. The molecule has 0 aliphatic rings. The molecule has 0 aromatic heterocycles. The van der Waals surface area contributed by atoms with Crippen molar-refractivity contribution in [2.75, 3.05) is 13.7 Å². The zero-order chi connectivity index (χ0) is 14.3. The summed E-state index contributed by atoms with van der Waals surface area (Å²) in [5.41, 5.74) is 0.983. The van der Waals surface area contributed by atoms with Crippen LogP contribution in [-0.4, -0.2) is 30.8 Å². The summed E-state index contributed by atoms with van der Waals surface area (Å²) in [6.07, 6.45) is 1.14. The molecule has 1 rings (SSSR count). The fourth-order valence-corrected chi connectivity index (χ4v) is 1.87. The first-order valence-corrected chi connectivity index (χ1v) is 6.71. The molecule has 0 spiro atoms. The zero-order valence-electron chi connectivity index (χ0n) is 11.3. The van der Waals surface area contributed by atoms with Gasteiger partial charge >= 0.3 is 0 Å². The fraction of sp³-hybridized carbons (Fsp3) is 0.500. The molecule has 1 atom stereocenters. The van der Waals surface area contributed by atoms with Crippen LogP contribution in [0.4, 0.5) is 0 Å². The normalized spacial score (nSPS) is 12.0. The number of halogens is 1. The van der Waals surface area contributed by atoms with Crippen LogP contribution in [0.15, 0.2) is 18.2 Å². The molecule has 1 aromatic rings. The highest BCUT2D eigenvalue weighted by molar-refractivity contribution is 6.32. The number of ether oxygens (including phenoxy) is 1. The predicted octanol–water partition coefficient (Wildman–Crippen LogP) is 2.17. The topological polar surface area (TPSA) is 58.6 Å². The number of carbonyl (C=O) groups is 1. The Morgan fingerprint density at radius 1 is 1.53 bits per heavy atom. The highest BCUT2D eigenvalue weighted by Gasteiger charge is 2.07. The number of hydrogen-bond donors (Lipinski definition) is 2. The number of rotatable bonds is 7. The Hall–Kier alpha value is -1.26. The first kappa shape index (κ1) is 15.8. The van der Waals surface area contributed by atoms with Crippen molar-refractivity contribution in [2.24, 2.45) is 0 Å². The van der Waals surface area contributed by atoms with Gasteiger partial charge in [-0.1, -0.05) is 24.6 Å². The minimum absolute atomic E-state index is 0.0700. The van der Waals surface area contributed by atoms with Gasteiger partial charge in [0.05, 0.1) is 18.2 Å². The lowest BCUT2D eigenvalue weighted by molar-refractivity contribution is -0.121. The second-order valence-electron chi connectivity index (χ2n) is 4.34. The zero-order valence-corrected chi connectivity index (χ0v) is 12.0. The standard InChI is InChI=1S/C14H20ClNO3/c1-3-11(17)9-16-14(18)7-5-10-4-6-13(19-2)12(15)8-10/h4,6,8,11,17H,3,5,7,9H2,1-2H3,(H,16,18). The number of aryl methyl sites for hydroxylation is 1. The number of carbonyl (C=O) groups excluding carboxylic acids is 1. The third kappa shape index (κ3) is 5.49. The summed E-state index contributed by atoms with van der Waals surface area (Å²) in [4.78, 5) is 11.6. The molecule has 2 N–H and O–H groups in total. The Kier molecular flexibility index (Phi) is 6.67. The van der Waals surface area contributed by atoms with Crippen LogP contribution < -0.4 is 10.1 Å². The Morgan fingerprint density at radius 3 is 2.84 bits per heavy atom. The summed E-state index contributed by atoms with van der Waals surface area (Å²) in [6.45, 7) is 2.18. The van der Waals surface area contributed by atoms with Gasteiger partial charge in [-0.05, 0) is 30.5 Å². The quantitative estimate of drug-likeness (QED) is 0.807. The van der Waals surface area contributed by atoms with Gasteiger partial charge in [0.15, 0.2) is 0 Å². The number of aliphatic hydroxyl groups excluding tert-OH is 1. The van der Waals surface area contributed by atoms with Gasteiger partial charge in [0.2, 0.25) is 5.91 Å². The van der Waals surface area contributed by atoms with E-state index in [1.165, 1.54) is 0 Å². The minimum Gasteiger partial charge on any atom is -0.495 e. The van der Waals surface area contributed by atoms with Crippen LogP contribution >= 0.6 is 11.6 Å². The van der Waals surface area contributed by atoms with Crippen LogP contribution in [0.25, 0.3) is 0 Å². The van der Waals surface area contributed by atoms with Gasteiger partial charge in [-0.15, -0.1) is 0 Å². The molecule has 19 heavy (non-hydrogen) atoms. The Bertz CT molecular complexity index is 423. The van der Waals surface area contributed by atoms with Crippen LogP contribution in [0, 0.1) is 0 Å². The minimum atomic E-state index is -0.473. The van der Waals surface area contributed by atoms with Gasteiger partial charge < -0.3 is 15.2 Å². The van der Waals surface area contributed by atoms with E-state index in [2.05, 4.69) is 5.32 Å². The van der Waals surface area contributed by atoms with Crippen LogP contribution in [-0.2, 0) is 11.2 Å². The first-order valence-electron chi connectivity index (χ1n) is 6.34. The van der Waals surface area contributed by atoms with Gasteiger partial charge in [-0.2, -0.15) is 0 Å². The summed E-state index contributed by atoms with van der Waals surface area (Å²) in [5, 5.41) is 12.6. The average Bonchev–Trinajstić information content (AvgIpc) is 2.42. The smallest absolute Gasteiger partial charge is 0.220 e. The van der Waals surface area contributed by atoms with E-state index in [1.807, 2.05) is 13.0 Å². The number of hydrogen-bond acceptors (Lipinski definition) is 3. The molecule has 0 radical (unpaired) electrons. The highest BCUT2D eigenvalue weighted by Crippen LogP contribution is 2.25. The van der Waals surface area contributed by atoms with Crippen molar-refractivity contribution in [1.82, 2.24) is 5.32 Å². The molecular formula is C14H20ClNO3. The third-order valence-corrected chi connectivity index (χ3v) is 3.16. The van der Waals surface area contributed by atoms with Crippen molar-refractivity contribution < 1.29 is 14.6 Å². The summed E-state index contributed by atoms with van der Waals surface area (Å²) in [7, 11) is 1.56. The number of nitrogens with one attached hydrogen (secondary N) is 1. The van der Waals surface area contributed by atoms with Gasteiger partial charge in [0, 0.05) is 13.0 Å². The summed E-state index contributed by atoms with van der Waals surface area (Å²) >= 11 is 6.01. The second kappa shape index (κ2) is 8.02. The third-order valence-electron chi connectivity index (χ3n) is 2.86. The van der Waals surface area contributed by atoms with E-state index in [1.54, 1.807) is 19.2 Å². The van der Waals surface area contributed by atoms with Crippen molar-refractivity contribution in [2.45, 2.75) is 32.3 Å². The lowest BCUT2D eigenvalue weighted by Gasteiger charge is -2.10. The van der Waals surface area contributed by atoms with Crippen molar-refractivity contribution in [3.63, 3.8) is 0 Å². The van der Waals surface area contributed by atoms with E-state index in [4.69, 9.17) is 16.3 Å². The maximum Gasteiger partial charge on any atom is 0.220 e. The molecule has 0 aliphatic heterocycles. The van der Waals surface area contributed by atoms with E-state index in [0.29, 0.717) is 36.6 Å². The molecule has 0 saturated heterocycles. The summed E-state index contributed by atoms with van der Waals surface area (Å²) in [5.74, 6) is 0.556. The molecule has 1 unspecified atom stereocenters. The molecule has 4 nitrogen and oxygen atoms in total. The molecule has 5 heteroatoms. The van der Waals surface area contributed by atoms with E-state index >= 15 is 0 Å². The fourth-order valence-electron chi connectivity index (χ4n) is 1.59. The van der Waals surface area contributed by atoms with E-state index in [-0.39, 0.29) is 5.91 Å². The van der Waals surface area contributed by atoms with Gasteiger partial charge in [-0.3, -0.25) is 4.79 Å². The summed E-state index contributed by atoms with van der Waals surface area (Å²) < 4.78 is 5.06. The molecule has 1 aromatic carbocycles. The van der Waals surface area contributed by atoms with E-state index in [9.17, 15) is 9.90 Å². The molecular weight excluding hydrogens is 266 g/mol. The number of amides is 1. The van der Waals surface area contributed by atoms with E-state index in [0.717, 1.165) is 5.56 Å². The molecule has 0 fully saturated rings. The molecule has 0 bridgehead atoms. The van der Waals surface area contributed by atoms with Gasteiger partial charge in [0.1, 0.15) is 5.75 Å². The first-order chi connectivity index (χ1) is 9.06. The number of methoxy groups -OCH3 is 1. The van der Waals surface area contributed by atoms with Crippen molar-refractivity contribution >= 4 is 17.5 Å². The van der Waals surface area contributed by atoms with E-state index < -0.39 is 6.10 Å². The second-order valence-corrected chi connectivity index (χ2v) is 4.74. The maximum absolute atomic E-state index is 11.6. The lowest BCUT2D eigenvalue weighted by Crippen LogP contribution is -2.31. The maximum atomic E-state index is 11.6. The lowest BCUT2D eigenvalue weighted by atomic mass is 10.1. The SMILES string of the molecule is CCC(O)CNC(=O)CCc1ccc(OC)c(Cl)c1. The van der Waals surface area contributed by atoms with Crippen molar-refractivity contribution in [1.29, 1.82) is 0 Å². The van der Waals surface area contributed by atoms with Gasteiger partial charge in [0.25, 0.3) is 0 Å². The van der Waals surface area contributed by atoms with Crippen LogP contribution in [0.1, 0.15) is 25.3 Å². The molecule has 0 heterocycles. The number of benzene rings is 1. The monoisotopic (exact) mass is 285 g/mol. The highest BCUT2D eigenvalue weighted by atomic mass is 35.5. The van der Waals surface area contributed by atoms with Crippen molar-refractivity contribution in [3.8, 4) is 5.75 Å². The molecule has 106 valence electrons. The van der Waals surface area contributed by atoms with Crippen molar-refractivity contribution in [3.05, 3.63) is 28.8 Å². The predicted molar refractivity (Wildman–Crippen MR) is 75.6 cm³/mol. The molecule has 0 saturated carbocycles. The van der Waals surface area contributed by atoms with Crippen LogP contribution in [0.2, 0.25) is 5.02 Å². The molecule has 0 aliphatic carbocycles. The largest absolute Gasteiger partial charge is 0.495 e. The average molecular weight is 286 g/mol. The summed E-state index contributed by atoms with van der Waals surface area (Å²) in [6, 6.07) is 5.48. The van der Waals surface area contributed by atoms with Crippen LogP contribution in [0.3, 0.4) is 0 Å². The Labute approximate surface area is 118 Å².